The smallest absolute Gasteiger partial charge is 0.326 e. The number of thiazole rings is 1. The highest BCUT2D eigenvalue weighted by Crippen LogP contribution is 2.69. The van der Waals surface area contributed by atoms with Crippen LogP contribution in [0.3, 0.4) is 0 Å². The third-order valence-corrected chi connectivity index (χ3v) is 12.8. The number of hydrogen-bond donors (Lipinski definition) is 2. The Balaban J connectivity index is 1.29. The largest absolute Gasteiger partial charge is 0.489 e. The van der Waals surface area contributed by atoms with Gasteiger partial charge in [-0.25, -0.2) is 4.79 Å². The minimum absolute atomic E-state index is 0.00473. The predicted octanol–water partition coefficient (Wildman–Crippen LogP) is 5.95. The molecule has 2 N–H and O–H groups in total. The third kappa shape index (κ3) is 4.63. The van der Waals surface area contributed by atoms with Crippen LogP contribution in [-0.2, 0) is 21.0 Å². The Morgan fingerprint density at radius 3 is 2.55 bits per heavy atom. The van der Waals surface area contributed by atoms with Crippen molar-refractivity contribution in [2.75, 3.05) is 0 Å². The SMILES string of the molecule is Cc1ccccc1COc1ccc(Cl)cc1[C@H]1c2sc(=O)[nH]c2SC2C3CC(C4C(=O)N(C(CC(C)C)C(=O)O)C(=O)C34)C21. The lowest BCUT2D eigenvalue weighted by atomic mass is 9.68. The molecule has 1 saturated heterocycles. The molecule has 1 aromatic heterocycles. The van der Waals surface area contributed by atoms with Crippen molar-refractivity contribution in [3.05, 3.63) is 78.7 Å². The van der Waals surface area contributed by atoms with E-state index in [-0.39, 0.29) is 57.9 Å². The van der Waals surface area contributed by atoms with Gasteiger partial charge >= 0.3 is 10.8 Å². The number of aliphatic carboxylic acids is 1. The van der Waals surface area contributed by atoms with Gasteiger partial charge in [-0.1, -0.05) is 61.1 Å². The molecule has 230 valence electrons. The van der Waals surface area contributed by atoms with Crippen molar-refractivity contribution in [3.63, 3.8) is 0 Å². The molecule has 7 rings (SSSR count). The predicted molar refractivity (Wildman–Crippen MR) is 168 cm³/mol. The first kappa shape index (κ1) is 29.6. The van der Waals surface area contributed by atoms with Crippen LogP contribution in [0.5, 0.6) is 5.75 Å². The van der Waals surface area contributed by atoms with Crippen molar-refractivity contribution in [1.29, 1.82) is 0 Å². The number of thioether (sulfide) groups is 1. The van der Waals surface area contributed by atoms with Gasteiger partial charge in [0.1, 0.15) is 18.4 Å². The molecule has 2 amide bonds. The van der Waals surface area contributed by atoms with Crippen molar-refractivity contribution in [1.82, 2.24) is 9.88 Å². The van der Waals surface area contributed by atoms with E-state index in [4.69, 9.17) is 16.3 Å². The van der Waals surface area contributed by atoms with Crippen LogP contribution in [0, 0.1) is 42.4 Å². The number of aryl methyl sites for hydroxylation is 1. The quantitative estimate of drug-likeness (QED) is 0.289. The summed E-state index contributed by atoms with van der Waals surface area (Å²) in [6.45, 7) is 6.19. The number of aromatic nitrogens is 1. The van der Waals surface area contributed by atoms with Gasteiger partial charge in [-0.2, -0.15) is 0 Å². The van der Waals surface area contributed by atoms with Crippen LogP contribution in [0.2, 0.25) is 5.02 Å². The van der Waals surface area contributed by atoms with Gasteiger partial charge in [-0.3, -0.25) is 19.3 Å². The zero-order valence-corrected chi connectivity index (χ0v) is 26.9. The van der Waals surface area contributed by atoms with E-state index in [1.54, 1.807) is 17.8 Å². The van der Waals surface area contributed by atoms with E-state index in [1.807, 2.05) is 57.2 Å². The molecule has 3 aromatic rings. The van der Waals surface area contributed by atoms with E-state index in [0.717, 1.165) is 31.5 Å². The molecule has 8 atom stereocenters. The molecule has 2 aliphatic carbocycles. The fourth-order valence-electron chi connectivity index (χ4n) is 8.28. The van der Waals surface area contributed by atoms with Gasteiger partial charge in [0.25, 0.3) is 0 Å². The van der Waals surface area contributed by atoms with Crippen LogP contribution in [0.1, 0.15) is 54.2 Å². The number of ether oxygens (including phenoxy) is 1. The summed E-state index contributed by atoms with van der Waals surface area (Å²) in [7, 11) is 0. The fourth-order valence-corrected chi connectivity index (χ4v) is 11.3. The average molecular weight is 653 g/mol. The Bertz CT molecular complexity index is 1730. The normalized spacial score (nSPS) is 29.1. The molecule has 0 spiro atoms. The Hall–Kier alpha value is -3.08. The van der Waals surface area contributed by atoms with E-state index in [1.165, 1.54) is 11.3 Å². The number of carboxylic acids is 1. The minimum Gasteiger partial charge on any atom is -0.489 e. The van der Waals surface area contributed by atoms with Crippen LogP contribution in [0.25, 0.3) is 0 Å². The number of carboxylic acid groups (broad SMARTS) is 1. The standard InChI is InChI=1S/C33H33ClN2O6S2/c1-14(2)10-21(32(39)40)36-30(37)25-19-12-20(26(25)31(36)38)27-24(19)23(28-29(43-27)35-33(41)44-28)18-11-17(34)8-9-22(18)42-13-16-7-5-4-6-15(16)3/h4-9,11,14,19-21,23-27H,10,12-13H2,1-3H3,(H,35,41)(H,39,40)/t19?,20?,21?,23-,24?,25?,26?,27?/m1/s1. The zero-order valence-electron chi connectivity index (χ0n) is 24.5. The first-order valence-corrected chi connectivity index (χ1v) is 17.1. The van der Waals surface area contributed by atoms with Crippen molar-refractivity contribution in [2.45, 2.75) is 62.5 Å². The van der Waals surface area contributed by atoms with Gasteiger partial charge in [0.15, 0.2) is 0 Å². The number of carbonyl (C=O) groups excluding carboxylic acids is 2. The number of amides is 2. The van der Waals surface area contributed by atoms with E-state index in [2.05, 4.69) is 4.98 Å². The Morgan fingerprint density at radius 2 is 1.84 bits per heavy atom. The topological polar surface area (TPSA) is 117 Å². The van der Waals surface area contributed by atoms with Crippen molar-refractivity contribution < 1.29 is 24.2 Å². The molecule has 2 aliphatic heterocycles. The number of aromatic amines is 1. The van der Waals surface area contributed by atoms with Crippen molar-refractivity contribution >= 4 is 52.5 Å². The number of hydrogen-bond acceptors (Lipinski definition) is 7. The molecule has 2 saturated carbocycles. The van der Waals surface area contributed by atoms with Gasteiger partial charge in [0.2, 0.25) is 11.8 Å². The van der Waals surface area contributed by atoms with Gasteiger partial charge in [-0.05, 0) is 72.8 Å². The summed E-state index contributed by atoms with van der Waals surface area (Å²) in [6.07, 6.45) is 0.926. The molecule has 11 heteroatoms. The highest BCUT2D eigenvalue weighted by Gasteiger charge is 2.70. The van der Waals surface area contributed by atoms with Gasteiger partial charge in [0.05, 0.1) is 16.9 Å². The number of likely N-dealkylation sites (tertiary alicyclic amines) is 1. The highest BCUT2D eigenvalue weighted by molar-refractivity contribution is 8.00. The lowest BCUT2D eigenvalue weighted by molar-refractivity contribution is -0.156. The molecule has 2 bridgehead atoms. The number of nitrogens with zero attached hydrogens (tertiary/aromatic N) is 1. The molecule has 8 nitrogen and oxygen atoms in total. The molecule has 3 heterocycles. The number of benzene rings is 2. The number of nitrogens with one attached hydrogen (secondary N) is 1. The second kappa shape index (κ2) is 11.1. The van der Waals surface area contributed by atoms with E-state index >= 15 is 0 Å². The Kier molecular flexibility index (Phi) is 7.45. The summed E-state index contributed by atoms with van der Waals surface area (Å²) in [5.74, 6) is -2.89. The molecule has 0 radical (unpaired) electrons. The van der Waals surface area contributed by atoms with Gasteiger partial charge in [0, 0.05) is 26.6 Å². The van der Waals surface area contributed by atoms with Crippen LogP contribution < -0.4 is 9.61 Å². The number of carbonyl (C=O) groups is 3. The number of halogens is 1. The van der Waals surface area contributed by atoms with Crippen molar-refractivity contribution in [3.8, 4) is 5.75 Å². The number of rotatable bonds is 8. The highest BCUT2D eigenvalue weighted by atomic mass is 35.5. The lowest BCUT2D eigenvalue weighted by Gasteiger charge is -2.43. The number of imide groups is 1. The maximum Gasteiger partial charge on any atom is 0.326 e. The molecular weight excluding hydrogens is 620 g/mol. The second-order valence-corrected chi connectivity index (χ2v) is 15.5. The maximum atomic E-state index is 14.0. The van der Waals surface area contributed by atoms with E-state index < -0.39 is 23.8 Å². The molecule has 4 aliphatic rings. The number of H-pyrrole nitrogens is 1. The summed E-state index contributed by atoms with van der Waals surface area (Å²) >= 11 is 9.37. The molecule has 3 fully saturated rings. The molecule has 44 heavy (non-hydrogen) atoms. The van der Waals surface area contributed by atoms with Gasteiger partial charge < -0.3 is 14.8 Å². The third-order valence-electron chi connectivity index (χ3n) is 10.0. The van der Waals surface area contributed by atoms with E-state index in [9.17, 15) is 24.3 Å². The maximum absolute atomic E-state index is 14.0. The van der Waals surface area contributed by atoms with Crippen molar-refractivity contribution in [2.24, 2.45) is 35.5 Å². The van der Waals surface area contributed by atoms with Crippen LogP contribution in [0.15, 0.2) is 52.3 Å². The first-order chi connectivity index (χ1) is 21.0. The first-order valence-electron chi connectivity index (χ1n) is 15.0. The monoisotopic (exact) mass is 652 g/mol. The molecule has 7 unspecified atom stereocenters. The second-order valence-electron chi connectivity index (χ2n) is 12.9. The number of fused-ring (bicyclic) bond motifs is 9. The van der Waals surface area contributed by atoms with Gasteiger partial charge in [-0.15, -0.1) is 11.8 Å². The summed E-state index contributed by atoms with van der Waals surface area (Å²) in [5, 5.41) is 11.3. The molecule has 2 aromatic carbocycles. The molecular formula is C33H33ClN2O6S2. The summed E-state index contributed by atoms with van der Waals surface area (Å²) < 4.78 is 6.46. The van der Waals surface area contributed by atoms with Crippen LogP contribution >= 0.6 is 34.7 Å². The summed E-state index contributed by atoms with van der Waals surface area (Å²) in [5.41, 5.74) is 3.04. The van der Waals surface area contributed by atoms with Crippen LogP contribution in [-0.4, -0.2) is 44.1 Å². The average Bonchev–Trinajstić information content (AvgIpc) is 3.70. The lowest BCUT2D eigenvalue weighted by Crippen LogP contribution is -2.47. The zero-order chi connectivity index (χ0) is 31.0. The van der Waals surface area contributed by atoms with Crippen LogP contribution in [0.4, 0.5) is 0 Å². The Morgan fingerprint density at radius 1 is 1.11 bits per heavy atom. The minimum atomic E-state index is -1.17. The fraction of sp³-hybridized carbons (Fsp3) is 0.455. The Labute approximate surface area is 268 Å². The summed E-state index contributed by atoms with van der Waals surface area (Å²) in [4.78, 5) is 57.8. The summed E-state index contributed by atoms with van der Waals surface area (Å²) in [6, 6.07) is 12.4. The van der Waals surface area contributed by atoms with E-state index in [0.29, 0.717) is 23.8 Å².